The maximum Gasteiger partial charge on any atom is 0.227 e. The van der Waals surface area contributed by atoms with E-state index in [0.717, 1.165) is 22.4 Å². The highest BCUT2D eigenvalue weighted by molar-refractivity contribution is 6.30. The lowest BCUT2D eigenvalue weighted by Gasteiger charge is -2.24. The summed E-state index contributed by atoms with van der Waals surface area (Å²) in [5.41, 5.74) is 3.77. The number of nitrogens with one attached hydrogen (secondary N) is 1. The summed E-state index contributed by atoms with van der Waals surface area (Å²) in [7, 11) is 0. The predicted molar refractivity (Wildman–Crippen MR) is 113 cm³/mol. The third kappa shape index (κ3) is 3.41. The molecule has 0 saturated carbocycles. The summed E-state index contributed by atoms with van der Waals surface area (Å²) in [4.78, 5) is 4.70. The number of rotatable bonds is 3. The van der Waals surface area contributed by atoms with Crippen LogP contribution in [0.4, 0.5) is 10.3 Å². The van der Waals surface area contributed by atoms with Crippen molar-refractivity contribution in [1.29, 1.82) is 0 Å². The van der Waals surface area contributed by atoms with Gasteiger partial charge in [-0.25, -0.2) is 9.07 Å². The van der Waals surface area contributed by atoms with E-state index in [1.54, 1.807) is 12.1 Å². The van der Waals surface area contributed by atoms with E-state index in [4.69, 9.17) is 21.7 Å². The fourth-order valence-corrected chi connectivity index (χ4v) is 3.52. The maximum atomic E-state index is 13.5. The van der Waals surface area contributed by atoms with E-state index in [0.29, 0.717) is 16.8 Å². The lowest BCUT2D eigenvalue weighted by molar-refractivity contribution is 0.604. The zero-order valence-corrected chi connectivity index (χ0v) is 16.0. The number of hydrogen-bond donors (Lipinski definition) is 1. The summed E-state index contributed by atoms with van der Waals surface area (Å²) in [6.07, 6.45) is 2.08. The molecule has 6 heteroatoms. The van der Waals surface area contributed by atoms with Gasteiger partial charge in [0.05, 0.1) is 0 Å². The molecule has 0 aliphatic carbocycles. The van der Waals surface area contributed by atoms with Crippen molar-refractivity contribution in [2.75, 3.05) is 5.32 Å². The van der Waals surface area contributed by atoms with Crippen LogP contribution < -0.4 is 5.32 Å². The minimum atomic E-state index is -0.268. The molecule has 2 heterocycles. The molecule has 1 aliphatic heterocycles. The summed E-state index contributed by atoms with van der Waals surface area (Å²) in [6, 6.07) is 23.7. The number of hydrogen-bond acceptors (Lipinski definition) is 3. The normalized spacial score (nSPS) is 15.4. The second-order valence-electron chi connectivity index (χ2n) is 6.78. The molecule has 0 saturated heterocycles. The first kappa shape index (κ1) is 17.6. The highest BCUT2D eigenvalue weighted by Gasteiger charge is 2.25. The topological polar surface area (TPSA) is 42.7 Å². The molecule has 142 valence electrons. The molecule has 3 aromatic carbocycles. The molecule has 1 aliphatic rings. The maximum absolute atomic E-state index is 13.5. The van der Waals surface area contributed by atoms with Crippen molar-refractivity contribution in [3.8, 4) is 11.4 Å². The summed E-state index contributed by atoms with van der Waals surface area (Å²) in [5, 5.41) is 8.76. The SMILES string of the molecule is Fc1ccc(C2C=C(c3ccccc3)Nc3nc(-c4ccc(Cl)cc4)nn32)cc1. The molecule has 1 atom stereocenters. The highest BCUT2D eigenvalue weighted by Crippen LogP contribution is 2.34. The number of nitrogens with zero attached hydrogens (tertiary/aromatic N) is 3. The van der Waals surface area contributed by atoms with Crippen molar-refractivity contribution in [3.05, 3.63) is 107 Å². The zero-order valence-electron chi connectivity index (χ0n) is 15.3. The van der Waals surface area contributed by atoms with Gasteiger partial charge in [-0.15, -0.1) is 5.10 Å². The monoisotopic (exact) mass is 402 g/mol. The van der Waals surface area contributed by atoms with Crippen molar-refractivity contribution < 1.29 is 4.39 Å². The predicted octanol–water partition coefficient (Wildman–Crippen LogP) is 5.79. The molecule has 0 spiro atoms. The Bertz CT molecular complexity index is 1180. The van der Waals surface area contributed by atoms with Gasteiger partial charge in [0.1, 0.15) is 11.9 Å². The molecule has 4 nitrogen and oxygen atoms in total. The molecule has 29 heavy (non-hydrogen) atoms. The van der Waals surface area contributed by atoms with Crippen LogP contribution in [0.15, 0.2) is 84.9 Å². The average molecular weight is 403 g/mol. The van der Waals surface area contributed by atoms with Crippen LogP contribution in [0.2, 0.25) is 5.02 Å². The van der Waals surface area contributed by atoms with Crippen LogP contribution in [-0.2, 0) is 0 Å². The quantitative estimate of drug-likeness (QED) is 0.471. The third-order valence-electron chi connectivity index (χ3n) is 4.86. The third-order valence-corrected chi connectivity index (χ3v) is 5.12. The van der Waals surface area contributed by atoms with Gasteiger partial charge in [-0.2, -0.15) is 4.98 Å². The van der Waals surface area contributed by atoms with E-state index < -0.39 is 0 Å². The van der Waals surface area contributed by atoms with Gasteiger partial charge in [-0.05, 0) is 53.6 Å². The second kappa shape index (κ2) is 7.18. The molecule has 0 bridgehead atoms. The number of benzene rings is 3. The summed E-state index contributed by atoms with van der Waals surface area (Å²) < 4.78 is 15.3. The van der Waals surface area contributed by atoms with Crippen LogP contribution in [0.25, 0.3) is 17.1 Å². The molecule has 1 unspecified atom stereocenters. The van der Waals surface area contributed by atoms with E-state index in [-0.39, 0.29) is 11.9 Å². The Kier molecular flexibility index (Phi) is 4.37. The summed E-state index contributed by atoms with van der Waals surface area (Å²) in [6.45, 7) is 0. The van der Waals surface area contributed by atoms with E-state index >= 15 is 0 Å². The fraction of sp³-hybridized carbons (Fsp3) is 0.0435. The minimum Gasteiger partial charge on any atom is -0.324 e. The summed E-state index contributed by atoms with van der Waals surface area (Å²) >= 11 is 6.01. The van der Waals surface area contributed by atoms with Gasteiger partial charge in [-0.1, -0.05) is 54.1 Å². The first-order valence-corrected chi connectivity index (χ1v) is 9.57. The Morgan fingerprint density at radius 1 is 0.862 bits per heavy atom. The smallest absolute Gasteiger partial charge is 0.227 e. The van der Waals surface area contributed by atoms with Crippen molar-refractivity contribution in [3.63, 3.8) is 0 Å². The summed E-state index contributed by atoms with van der Waals surface area (Å²) in [5.74, 6) is 0.959. The van der Waals surface area contributed by atoms with Crippen LogP contribution in [0.5, 0.6) is 0 Å². The number of allylic oxidation sites excluding steroid dienone is 1. The molecule has 0 radical (unpaired) electrons. The van der Waals surface area contributed by atoms with Crippen LogP contribution in [0.1, 0.15) is 17.2 Å². The Morgan fingerprint density at radius 3 is 2.31 bits per heavy atom. The van der Waals surface area contributed by atoms with Gasteiger partial charge in [0.15, 0.2) is 5.82 Å². The molecular formula is C23H16ClFN4. The van der Waals surface area contributed by atoms with Crippen LogP contribution in [-0.4, -0.2) is 14.8 Å². The van der Waals surface area contributed by atoms with Crippen molar-refractivity contribution in [1.82, 2.24) is 14.8 Å². The standard InChI is InChI=1S/C23H16ClFN4/c24-18-10-6-17(7-11-18)22-27-23-26-20(15-4-2-1-3-5-15)14-21(29(23)28-22)16-8-12-19(25)13-9-16/h1-14,21H,(H,26,27,28). The van der Waals surface area contributed by atoms with Crippen LogP contribution in [0, 0.1) is 5.82 Å². The largest absolute Gasteiger partial charge is 0.324 e. The first-order chi connectivity index (χ1) is 14.2. The van der Waals surface area contributed by atoms with Crippen molar-refractivity contribution in [2.45, 2.75) is 6.04 Å². The van der Waals surface area contributed by atoms with Gasteiger partial charge in [0.25, 0.3) is 0 Å². The number of aromatic nitrogens is 3. The number of anilines is 1. The Morgan fingerprint density at radius 2 is 1.59 bits per heavy atom. The molecule has 0 amide bonds. The first-order valence-electron chi connectivity index (χ1n) is 9.19. The Labute approximate surface area is 172 Å². The van der Waals surface area contributed by atoms with Crippen LogP contribution in [0.3, 0.4) is 0 Å². The molecule has 1 N–H and O–H groups in total. The number of fused-ring (bicyclic) bond motifs is 1. The van der Waals surface area contributed by atoms with Gasteiger partial charge < -0.3 is 5.32 Å². The molecule has 5 rings (SSSR count). The van der Waals surface area contributed by atoms with Gasteiger partial charge >= 0.3 is 0 Å². The van der Waals surface area contributed by atoms with E-state index in [9.17, 15) is 4.39 Å². The minimum absolute atomic E-state index is 0.212. The lowest BCUT2D eigenvalue weighted by atomic mass is 10.0. The average Bonchev–Trinajstić information content (AvgIpc) is 3.19. The number of halogens is 2. The van der Waals surface area contributed by atoms with Crippen molar-refractivity contribution >= 4 is 23.2 Å². The molecule has 0 fully saturated rings. The van der Waals surface area contributed by atoms with Gasteiger partial charge in [0, 0.05) is 16.3 Å². The molecule has 4 aromatic rings. The molecular weight excluding hydrogens is 387 g/mol. The van der Waals surface area contributed by atoms with Crippen molar-refractivity contribution in [2.24, 2.45) is 0 Å². The second-order valence-corrected chi connectivity index (χ2v) is 7.21. The fourth-order valence-electron chi connectivity index (χ4n) is 3.40. The highest BCUT2D eigenvalue weighted by atomic mass is 35.5. The zero-order chi connectivity index (χ0) is 19.8. The van der Waals surface area contributed by atoms with E-state index in [2.05, 4.69) is 11.4 Å². The lowest BCUT2D eigenvalue weighted by Crippen LogP contribution is -2.20. The Hall–Kier alpha value is -3.44. The van der Waals surface area contributed by atoms with E-state index in [1.165, 1.54) is 12.1 Å². The van der Waals surface area contributed by atoms with Gasteiger partial charge in [-0.3, -0.25) is 0 Å². The van der Waals surface area contributed by atoms with Crippen LogP contribution >= 0.6 is 11.6 Å². The molecule has 1 aromatic heterocycles. The Balaban J connectivity index is 1.62. The van der Waals surface area contributed by atoms with Gasteiger partial charge in [0.2, 0.25) is 5.95 Å². The van der Waals surface area contributed by atoms with E-state index in [1.807, 2.05) is 59.3 Å².